The number of fused-ring (bicyclic) bond motifs is 2. The van der Waals surface area contributed by atoms with Crippen molar-refractivity contribution in [3.05, 3.63) is 66.6 Å². The first-order valence-electron chi connectivity index (χ1n) is 8.15. The predicted molar refractivity (Wildman–Crippen MR) is 98.2 cm³/mol. The lowest BCUT2D eigenvalue weighted by molar-refractivity contribution is 0.480. The number of imidazole rings is 1. The Morgan fingerprint density at radius 2 is 1.79 bits per heavy atom. The van der Waals surface area contributed by atoms with Crippen LogP contribution in [0.25, 0.3) is 21.9 Å². The van der Waals surface area contributed by atoms with Gasteiger partial charge in [0.05, 0.1) is 11.0 Å². The van der Waals surface area contributed by atoms with Gasteiger partial charge in [0, 0.05) is 18.1 Å². The van der Waals surface area contributed by atoms with E-state index in [-0.39, 0.29) is 5.75 Å². The molecular formula is C20H21N3O. The number of hydrogen-bond donors (Lipinski definition) is 1. The van der Waals surface area contributed by atoms with E-state index in [4.69, 9.17) is 0 Å². The van der Waals surface area contributed by atoms with Crippen LogP contribution in [0.5, 0.6) is 5.75 Å². The highest BCUT2D eigenvalue weighted by Crippen LogP contribution is 2.20. The third-order valence-electron chi connectivity index (χ3n) is 3.90. The Morgan fingerprint density at radius 1 is 1.00 bits per heavy atom. The van der Waals surface area contributed by atoms with E-state index < -0.39 is 0 Å². The highest BCUT2D eigenvalue weighted by atomic mass is 16.3. The molecule has 0 aliphatic carbocycles. The van der Waals surface area contributed by atoms with E-state index in [1.165, 1.54) is 5.52 Å². The van der Waals surface area contributed by atoms with Crippen molar-refractivity contribution in [3.8, 4) is 5.75 Å². The van der Waals surface area contributed by atoms with Gasteiger partial charge in [0.1, 0.15) is 17.1 Å². The van der Waals surface area contributed by atoms with Crippen LogP contribution in [0.3, 0.4) is 0 Å². The molecule has 4 rings (SSSR count). The molecule has 0 radical (unpaired) electrons. The number of phenols is 1. The molecule has 0 saturated carbocycles. The molecule has 2 aromatic carbocycles. The fourth-order valence-electron chi connectivity index (χ4n) is 2.79. The predicted octanol–water partition coefficient (Wildman–Crippen LogP) is 4.70. The summed E-state index contributed by atoms with van der Waals surface area (Å²) in [6.07, 6.45) is 2.82. The zero-order valence-electron chi connectivity index (χ0n) is 14.0. The number of rotatable bonds is 2. The molecule has 2 aromatic heterocycles. The van der Waals surface area contributed by atoms with Crippen LogP contribution in [-0.4, -0.2) is 19.6 Å². The Balaban J connectivity index is 0.000000143. The molecule has 4 nitrogen and oxygen atoms in total. The summed E-state index contributed by atoms with van der Waals surface area (Å²) in [6.45, 7) is 5.32. The van der Waals surface area contributed by atoms with Crippen molar-refractivity contribution in [1.29, 1.82) is 0 Å². The van der Waals surface area contributed by atoms with E-state index in [1.54, 1.807) is 18.3 Å². The van der Waals surface area contributed by atoms with Crippen LogP contribution in [0.2, 0.25) is 0 Å². The number of hydrogen-bond acceptors (Lipinski definition) is 3. The molecule has 2 heterocycles. The average molecular weight is 319 g/mol. The van der Waals surface area contributed by atoms with Crippen LogP contribution in [0.1, 0.15) is 19.2 Å². The minimum absolute atomic E-state index is 0.239. The molecule has 122 valence electrons. The van der Waals surface area contributed by atoms with E-state index in [9.17, 15) is 5.11 Å². The summed E-state index contributed by atoms with van der Waals surface area (Å²) in [5, 5.41) is 10.3. The molecule has 0 aliphatic heterocycles. The molecule has 0 fully saturated rings. The second kappa shape index (κ2) is 7.13. The zero-order chi connectivity index (χ0) is 16.9. The van der Waals surface area contributed by atoms with Gasteiger partial charge in [0.15, 0.2) is 0 Å². The number of pyridine rings is 1. The van der Waals surface area contributed by atoms with E-state index >= 15 is 0 Å². The van der Waals surface area contributed by atoms with Crippen LogP contribution in [0, 0.1) is 6.92 Å². The van der Waals surface area contributed by atoms with Gasteiger partial charge in [-0.15, -0.1) is 0 Å². The van der Waals surface area contributed by atoms with Crippen molar-refractivity contribution >= 4 is 21.9 Å². The topological polar surface area (TPSA) is 50.9 Å². The number of phenolic OH excluding ortho intramolecular Hbond substituents is 1. The van der Waals surface area contributed by atoms with Crippen molar-refractivity contribution in [2.45, 2.75) is 26.8 Å². The molecule has 0 aliphatic rings. The minimum Gasteiger partial charge on any atom is -0.506 e. The second-order valence-corrected chi connectivity index (χ2v) is 5.65. The largest absolute Gasteiger partial charge is 0.506 e. The lowest BCUT2D eigenvalue weighted by atomic mass is 10.2. The van der Waals surface area contributed by atoms with Gasteiger partial charge >= 0.3 is 0 Å². The fraction of sp³-hybridized carbons (Fsp3) is 0.200. The van der Waals surface area contributed by atoms with Crippen LogP contribution in [0.4, 0.5) is 0 Å². The average Bonchev–Trinajstić information content (AvgIpc) is 2.92. The Labute approximate surface area is 141 Å². The van der Waals surface area contributed by atoms with Gasteiger partial charge in [-0.1, -0.05) is 37.3 Å². The summed E-state index contributed by atoms with van der Waals surface area (Å²) >= 11 is 0. The SMILES string of the molecule is CCCn1c(C)nc2ccccc21.Oc1cccc2cccnc12. The summed E-state index contributed by atoms with van der Waals surface area (Å²) in [7, 11) is 0. The first-order chi connectivity index (χ1) is 11.7. The summed E-state index contributed by atoms with van der Waals surface area (Å²) < 4.78 is 2.27. The minimum atomic E-state index is 0.239. The molecule has 0 saturated heterocycles. The Kier molecular flexibility index (Phi) is 4.75. The molecule has 0 bridgehead atoms. The van der Waals surface area contributed by atoms with Crippen molar-refractivity contribution < 1.29 is 5.11 Å². The normalized spacial score (nSPS) is 10.6. The fourth-order valence-corrected chi connectivity index (χ4v) is 2.79. The van der Waals surface area contributed by atoms with E-state index in [0.29, 0.717) is 5.52 Å². The number of aromatic nitrogens is 3. The van der Waals surface area contributed by atoms with Crippen LogP contribution in [-0.2, 0) is 6.54 Å². The second-order valence-electron chi connectivity index (χ2n) is 5.65. The smallest absolute Gasteiger partial charge is 0.141 e. The maximum Gasteiger partial charge on any atom is 0.141 e. The first-order valence-corrected chi connectivity index (χ1v) is 8.15. The molecule has 0 spiro atoms. The van der Waals surface area contributed by atoms with E-state index in [2.05, 4.69) is 46.6 Å². The maximum absolute atomic E-state index is 9.31. The van der Waals surface area contributed by atoms with Crippen molar-refractivity contribution in [2.75, 3.05) is 0 Å². The molecule has 4 heteroatoms. The van der Waals surface area contributed by atoms with Gasteiger partial charge in [-0.25, -0.2) is 4.98 Å². The highest BCUT2D eigenvalue weighted by molar-refractivity contribution is 5.83. The van der Waals surface area contributed by atoms with Gasteiger partial charge in [-0.3, -0.25) is 4.98 Å². The van der Waals surface area contributed by atoms with Gasteiger partial charge in [-0.2, -0.15) is 0 Å². The van der Waals surface area contributed by atoms with Crippen molar-refractivity contribution in [2.24, 2.45) is 0 Å². The van der Waals surface area contributed by atoms with E-state index in [1.807, 2.05) is 24.3 Å². The molecule has 0 amide bonds. The van der Waals surface area contributed by atoms with Crippen LogP contribution < -0.4 is 0 Å². The lowest BCUT2D eigenvalue weighted by Gasteiger charge is -2.03. The highest BCUT2D eigenvalue weighted by Gasteiger charge is 2.04. The number of aryl methyl sites for hydroxylation is 2. The van der Waals surface area contributed by atoms with E-state index in [0.717, 1.165) is 29.7 Å². The monoisotopic (exact) mass is 319 g/mol. The Bertz CT molecular complexity index is 954. The Hall–Kier alpha value is -2.88. The summed E-state index contributed by atoms with van der Waals surface area (Å²) in [4.78, 5) is 8.53. The lowest BCUT2D eigenvalue weighted by Crippen LogP contribution is -1.98. The quantitative estimate of drug-likeness (QED) is 0.583. The zero-order valence-corrected chi connectivity index (χ0v) is 14.0. The standard InChI is InChI=1S/C11H14N2.C9H7NO/c1-3-8-13-9(2)12-10-6-4-5-7-11(10)13;11-8-5-1-3-7-4-2-6-10-9(7)8/h4-7H,3,8H2,1-2H3;1-6,11H. The molecule has 1 N–H and O–H groups in total. The maximum atomic E-state index is 9.31. The number of benzene rings is 2. The molecule has 0 unspecified atom stereocenters. The third-order valence-corrected chi connectivity index (χ3v) is 3.90. The van der Waals surface area contributed by atoms with Crippen LogP contribution >= 0.6 is 0 Å². The summed E-state index contributed by atoms with van der Waals surface area (Å²) in [5.41, 5.74) is 3.02. The third kappa shape index (κ3) is 3.23. The first kappa shape index (κ1) is 16.0. The van der Waals surface area contributed by atoms with Crippen molar-refractivity contribution in [1.82, 2.24) is 14.5 Å². The number of para-hydroxylation sites is 3. The number of aromatic hydroxyl groups is 1. The van der Waals surface area contributed by atoms with Crippen LogP contribution in [0.15, 0.2) is 60.8 Å². The molecule has 0 atom stereocenters. The molecule has 4 aromatic rings. The van der Waals surface area contributed by atoms with Gasteiger partial charge in [0.2, 0.25) is 0 Å². The molecule has 24 heavy (non-hydrogen) atoms. The number of nitrogens with zero attached hydrogens (tertiary/aromatic N) is 3. The Morgan fingerprint density at radius 3 is 2.58 bits per heavy atom. The van der Waals surface area contributed by atoms with Gasteiger partial charge in [-0.05, 0) is 37.6 Å². The van der Waals surface area contributed by atoms with Crippen molar-refractivity contribution in [3.63, 3.8) is 0 Å². The molecular weight excluding hydrogens is 298 g/mol. The van der Waals surface area contributed by atoms with Gasteiger partial charge < -0.3 is 9.67 Å². The van der Waals surface area contributed by atoms with Gasteiger partial charge in [0.25, 0.3) is 0 Å². The summed E-state index contributed by atoms with van der Waals surface area (Å²) in [5.74, 6) is 1.35. The summed E-state index contributed by atoms with van der Waals surface area (Å²) in [6, 6.07) is 17.4.